The first-order chi connectivity index (χ1) is 8.95. The van der Waals surface area contributed by atoms with E-state index >= 15 is 0 Å². The SMILES string of the molecule is CC1CC(C)CC(Nc2ccc(C(=O)O)cc2Br)C1. The Morgan fingerprint density at radius 2 is 1.89 bits per heavy atom. The Kier molecular flexibility index (Phi) is 4.50. The molecule has 1 saturated carbocycles. The van der Waals surface area contributed by atoms with Gasteiger partial charge in [0.15, 0.2) is 0 Å². The quantitative estimate of drug-likeness (QED) is 0.866. The minimum Gasteiger partial charge on any atom is -0.478 e. The standard InChI is InChI=1S/C15H20BrNO2/c1-9-5-10(2)7-12(6-9)17-14-4-3-11(15(18)19)8-13(14)16/h3-4,8-10,12,17H,5-7H2,1-2H3,(H,18,19). The number of carbonyl (C=O) groups is 1. The molecule has 2 rings (SSSR count). The molecule has 0 aromatic heterocycles. The second-order valence-electron chi connectivity index (χ2n) is 5.76. The molecule has 0 bridgehead atoms. The number of hydrogen-bond acceptors (Lipinski definition) is 2. The van der Waals surface area contributed by atoms with Gasteiger partial charge in [-0.15, -0.1) is 0 Å². The minimum atomic E-state index is -0.896. The normalized spacial score (nSPS) is 27.0. The smallest absolute Gasteiger partial charge is 0.335 e. The summed E-state index contributed by atoms with van der Waals surface area (Å²) in [4.78, 5) is 10.9. The molecule has 4 heteroatoms. The van der Waals surface area contributed by atoms with Crippen molar-refractivity contribution in [3.63, 3.8) is 0 Å². The summed E-state index contributed by atoms with van der Waals surface area (Å²) < 4.78 is 0.818. The molecule has 2 atom stereocenters. The van der Waals surface area contributed by atoms with Crippen LogP contribution in [0.1, 0.15) is 43.5 Å². The Morgan fingerprint density at radius 1 is 1.26 bits per heavy atom. The largest absolute Gasteiger partial charge is 0.478 e. The van der Waals surface area contributed by atoms with Crippen LogP contribution in [-0.2, 0) is 0 Å². The highest BCUT2D eigenvalue weighted by Gasteiger charge is 2.24. The topological polar surface area (TPSA) is 49.3 Å². The van der Waals surface area contributed by atoms with Crippen molar-refractivity contribution < 1.29 is 9.90 Å². The van der Waals surface area contributed by atoms with E-state index in [0.717, 1.165) is 22.0 Å². The lowest BCUT2D eigenvalue weighted by atomic mass is 9.80. The third-order valence-electron chi connectivity index (χ3n) is 3.75. The fourth-order valence-electron chi connectivity index (χ4n) is 3.05. The molecule has 2 N–H and O–H groups in total. The van der Waals surface area contributed by atoms with Crippen molar-refractivity contribution in [2.24, 2.45) is 11.8 Å². The summed E-state index contributed by atoms with van der Waals surface area (Å²) in [5.74, 6) is 0.601. The molecule has 0 heterocycles. The van der Waals surface area contributed by atoms with Gasteiger partial charge in [-0.25, -0.2) is 4.79 Å². The van der Waals surface area contributed by atoms with Crippen LogP contribution in [0.2, 0.25) is 0 Å². The first-order valence-corrected chi connectivity index (χ1v) is 7.54. The summed E-state index contributed by atoms with van der Waals surface area (Å²) in [5.41, 5.74) is 1.29. The fraction of sp³-hybridized carbons (Fsp3) is 0.533. The first kappa shape index (κ1) is 14.4. The first-order valence-electron chi connectivity index (χ1n) is 6.75. The van der Waals surface area contributed by atoms with E-state index < -0.39 is 5.97 Å². The van der Waals surface area contributed by atoms with Crippen molar-refractivity contribution in [2.45, 2.75) is 39.2 Å². The van der Waals surface area contributed by atoms with Crippen LogP contribution in [0.5, 0.6) is 0 Å². The maximum Gasteiger partial charge on any atom is 0.335 e. The molecular formula is C15H20BrNO2. The zero-order chi connectivity index (χ0) is 14.0. The van der Waals surface area contributed by atoms with Crippen LogP contribution < -0.4 is 5.32 Å². The molecule has 1 aromatic rings. The molecule has 19 heavy (non-hydrogen) atoms. The maximum absolute atomic E-state index is 10.9. The van der Waals surface area contributed by atoms with Crippen molar-refractivity contribution in [2.75, 3.05) is 5.32 Å². The lowest BCUT2D eigenvalue weighted by Gasteiger charge is -2.32. The molecule has 104 valence electrons. The number of anilines is 1. The average Bonchev–Trinajstić information content (AvgIpc) is 2.30. The molecule has 1 aromatic carbocycles. The molecule has 1 fully saturated rings. The molecule has 3 nitrogen and oxygen atoms in total. The second-order valence-corrected chi connectivity index (χ2v) is 6.61. The predicted octanol–water partition coefficient (Wildman–Crippen LogP) is 4.38. The third kappa shape index (κ3) is 3.72. The van der Waals surface area contributed by atoms with Gasteiger partial charge in [0.1, 0.15) is 0 Å². The van der Waals surface area contributed by atoms with Gasteiger partial charge >= 0.3 is 5.97 Å². The van der Waals surface area contributed by atoms with Gasteiger partial charge in [0.05, 0.1) is 5.56 Å². The molecule has 0 spiro atoms. The Morgan fingerprint density at radius 3 is 2.42 bits per heavy atom. The number of nitrogens with one attached hydrogen (secondary N) is 1. The lowest BCUT2D eigenvalue weighted by Crippen LogP contribution is -2.30. The van der Waals surface area contributed by atoms with Crippen molar-refractivity contribution in [1.29, 1.82) is 0 Å². The van der Waals surface area contributed by atoms with E-state index in [1.54, 1.807) is 12.1 Å². The highest BCUT2D eigenvalue weighted by atomic mass is 79.9. The molecule has 1 aliphatic carbocycles. The summed E-state index contributed by atoms with van der Waals surface area (Å²) in [5, 5.41) is 12.5. The summed E-state index contributed by atoms with van der Waals surface area (Å²) in [6, 6.07) is 5.62. The van der Waals surface area contributed by atoms with E-state index in [4.69, 9.17) is 5.11 Å². The summed E-state index contributed by atoms with van der Waals surface area (Å²) in [7, 11) is 0. The van der Waals surface area contributed by atoms with Crippen molar-refractivity contribution in [3.05, 3.63) is 28.2 Å². The van der Waals surface area contributed by atoms with Gasteiger partial charge in [0.2, 0.25) is 0 Å². The lowest BCUT2D eigenvalue weighted by molar-refractivity contribution is 0.0697. The van der Waals surface area contributed by atoms with Crippen LogP contribution in [0, 0.1) is 11.8 Å². The van der Waals surface area contributed by atoms with Crippen LogP contribution in [0.25, 0.3) is 0 Å². The van der Waals surface area contributed by atoms with Gasteiger partial charge in [0.25, 0.3) is 0 Å². The van der Waals surface area contributed by atoms with E-state index in [1.807, 2.05) is 6.07 Å². The highest BCUT2D eigenvalue weighted by Crippen LogP contribution is 2.32. The summed E-state index contributed by atoms with van der Waals surface area (Å²) in [6.45, 7) is 4.60. The van der Waals surface area contributed by atoms with E-state index in [-0.39, 0.29) is 0 Å². The Balaban J connectivity index is 2.08. The highest BCUT2D eigenvalue weighted by molar-refractivity contribution is 9.10. The van der Waals surface area contributed by atoms with Gasteiger partial charge in [0, 0.05) is 16.2 Å². The van der Waals surface area contributed by atoms with Crippen LogP contribution in [0.15, 0.2) is 22.7 Å². The van der Waals surface area contributed by atoms with Crippen molar-refractivity contribution in [1.82, 2.24) is 0 Å². The second kappa shape index (κ2) is 5.95. The fourth-order valence-corrected chi connectivity index (χ4v) is 3.54. The van der Waals surface area contributed by atoms with Crippen LogP contribution in [-0.4, -0.2) is 17.1 Å². The molecule has 0 saturated heterocycles. The zero-order valence-electron chi connectivity index (χ0n) is 11.3. The van der Waals surface area contributed by atoms with Crippen LogP contribution >= 0.6 is 15.9 Å². The average molecular weight is 326 g/mol. The number of benzene rings is 1. The van der Waals surface area contributed by atoms with E-state index in [9.17, 15) is 4.79 Å². The predicted molar refractivity (Wildman–Crippen MR) is 80.7 cm³/mol. The molecule has 2 unspecified atom stereocenters. The Bertz CT molecular complexity index is 465. The van der Waals surface area contributed by atoms with Crippen LogP contribution in [0.3, 0.4) is 0 Å². The van der Waals surface area contributed by atoms with Crippen molar-refractivity contribution in [3.8, 4) is 0 Å². The Hall–Kier alpha value is -1.03. The number of carboxylic acids is 1. The monoisotopic (exact) mass is 325 g/mol. The summed E-state index contributed by atoms with van der Waals surface area (Å²) >= 11 is 3.45. The van der Waals surface area contributed by atoms with Gasteiger partial charge < -0.3 is 10.4 Å². The number of hydrogen-bond donors (Lipinski definition) is 2. The number of halogens is 1. The zero-order valence-corrected chi connectivity index (χ0v) is 12.9. The maximum atomic E-state index is 10.9. The van der Waals surface area contributed by atoms with Gasteiger partial charge in [-0.2, -0.15) is 0 Å². The number of aromatic carboxylic acids is 1. The molecule has 0 amide bonds. The summed E-state index contributed by atoms with van der Waals surface area (Å²) in [6.07, 6.45) is 3.66. The van der Waals surface area contributed by atoms with Crippen LogP contribution in [0.4, 0.5) is 5.69 Å². The van der Waals surface area contributed by atoms with E-state index in [0.29, 0.717) is 11.6 Å². The molecule has 0 radical (unpaired) electrons. The van der Waals surface area contributed by atoms with E-state index in [2.05, 4.69) is 35.1 Å². The van der Waals surface area contributed by atoms with Gasteiger partial charge in [-0.05, 0) is 65.2 Å². The molecule has 0 aliphatic heterocycles. The van der Waals surface area contributed by atoms with Gasteiger partial charge in [-0.3, -0.25) is 0 Å². The number of carboxylic acid groups (broad SMARTS) is 1. The molecule has 1 aliphatic rings. The minimum absolute atomic E-state index is 0.308. The van der Waals surface area contributed by atoms with E-state index in [1.165, 1.54) is 19.3 Å². The molecular weight excluding hydrogens is 306 g/mol. The van der Waals surface area contributed by atoms with Crippen molar-refractivity contribution >= 4 is 27.6 Å². The van der Waals surface area contributed by atoms with Gasteiger partial charge in [-0.1, -0.05) is 13.8 Å². The number of rotatable bonds is 3. The third-order valence-corrected chi connectivity index (χ3v) is 4.41. The Labute approximate surface area is 122 Å².